The molecule has 0 saturated carbocycles. The molecule has 8 nitrogen and oxygen atoms in total. The normalized spacial score (nSPS) is 15.0. The van der Waals surface area contributed by atoms with Crippen LogP contribution in [0.5, 0.6) is 0 Å². The number of fused-ring (bicyclic) bond motifs is 1. The summed E-state index contributed by atoms with van der Waals surface area (Å²) in [4.78, 5) is 18.0. The van der Waals surface area contributed by atoms with E-state index in [1.165, 1.54) is 0 Å². The third kappa shape index (κ3) is 3.80. The Hall–Kier alpha value is -3.00. The van der Waals surface area contributed by atoms with E-state index in [1.807, 2.05) is 51.1 Å². The summed E-state index contributed by atoms with van der Waals surface area (Å²) in [5, 5.41) is 14.5. The molecule has 1 aliphatic heterocycles. The maximum Gasteiger partial charge on any atom is 0.272 e. The summed E-state index contributed by atoms with van der Waals surface area (Å²) in [6.45, 7) is 10.0. The standard InChI is InChI=1S/C21H26N6O2/c1-13-25-26-20(29-13)17(21(2,3)4)24-19(28)16-15-12-22-10-11-27(15)18(23-16)14-8-6-5-7-9-14/h5-9,17,22H,10-12H2,1-4H3,(H,24,28). The molecule has 152 valence electrons. The number of benzene rings is 1. The Kier molecular flexibility index (Phi) is 4.96. The molecule has 3 heterocycles. The van der Waals surface area contributed by atoms with Crippen LogP contribution in [0.15, 0.2) is 34.7 Å². The van der Waals surface area contributed by atoms with E-state index in [4.69, 9.17) is 9.40 Å². The highest BCUT2D eigenvalue weighted by molar-refractivity contribution is 5.94. The molecule has 1 unspecified atom stereocenters. The van der Waals surface area contributed by atoms with Gasteiger partial charge in [-0.1, -0.05) is 51.1 Å². The van der Waals surface area contributed by atoms with Gasteiger partial charge in [0.25, 0.3) is 5.91 Å². The van der Waals surface area contributed by atoms with Gasteiger partial charge >= 0.3 is 0 Å². The number of aromatic nitrogens is 4. The van der Waals surface area contributed by atoms with Crippen molar-refractivity contribution in [1.82, 2.24) is 30.4 Å². The largest absolute Gasteiger partial charge is 0.423 e. The maximum absolute atomic E-state index is 13.3. The average molecular weight is 394 g/mol. The van der Waals surface area contributed by atoms with Crippen LogP contribution in [0.3, 0.4) is 0 Å². The number of aryl methyl sites for hydroxylation is 1. The number of carbonyl (C=O) groups excluding carboxylic acids is 1. The first-order valence-electron chi connectivity index (χ1n) is 9.81. The Balaban J connectivity index is 1.70. The van der Waals surface area contributed by atoms with Crippen molar-refractivity contribution in [1.29, 1.82) is 0 Å². The van der Waals surface area contributed by atoms with Crippen LogP contribution in [0.4, 0.5) is 0 Å². The van der Waals surface area contributed by atoms with Gasteiger partial charge in [-0.3, -0.25) is 4.79 Å². The molecule has 0 spiro atoms. The van der Waals surface area contributed by atoms with Gasteiger partial charge in [0, 0.05) is 32.1 Å². The second-order valence-corrected chi connectivity index (χ2v) is 8.36. The summed E-state index contributed by atoms with van der Waals surface area (Å²) >= 11 is 0. The predicted molar refractivity (Wildman–Crippen MR) is 108 cm³/mol. The van der Waals surface area contributed by atoms with Crippen LogP contribution in [-0.4, -0.2) is 32.2 Å². The summed E-state index contributed by atoms with van der Waals surface area (Å²) < 4.78 is 7.75. The van der Waals surface area contributed by atoms with E-state index < -0.39 is 6.04 Å². The van der Waals surface area contributed by atoms with E-state index in [0.29, 0.717) is 24.0 Å². The quantitative estimate of drug-likeness (QED) is 0.706. The van der Waals surface area contributed by atoms with Gasteiger partial charge in [0.15, 0.2) is 5.69 Å². The monoisotopic (exact) mass is 394 g/mol. The molecule has 1 amide bonds. The first kappa shape index (κ1) is 19.3. The number of nitrogens with zero attached hydrogens (tertiary/aromatic N) is 4. The fraction of sp³-hybridized carbons (Fsp3) is 0.429. The van der Waals surface area contributed by atoms with Gasteiger partial charge in [-0.25, -0.2) is 4.98 Å². The average Bonchev–Trinajstić information content (AvgIpc) is 3.29. The van der Waals surface area contributed by atoms with Crippen molar-refractivity contribution < 1.29 is 9.21 Å². The van der Waals surface area contributed by atoms with E-state index in [0.717, 1.165) is 30.2 Å². The lowest BCUT2D eigenvalue weighted by atomic mass is 9.86. The fourth-order valence-corrected chi connectivity index (χ4v) is 3.57. The Morgan fingerprint density at radius 1 is 1.24 bits per heavy atom. The molecule has 0 aliphatic carbocycles. The van der Waals surface area contributed by atoms with Crippen molar-refractivity contribution in [2.45, 2.75) is 46.8 Å². The zero-order valence-corrected chi connectivity index (χ0v) is 17.2. The lowest BCUT2D eigenvalue weighted by Gasteiger charge is -2.28. The van der Waals surface area contributed by atoms with Crippen LogP contribution >= 0.6 is 0 Å². The van der Waals surface area contributed by atoms with E-state index in [-0.39, 0.29) is 11.3 Å². The number of amides is 1. The first-order valence-corrected chi connectivity index (χ1v) is 9.81. The predicted octanol–water partition coefficient (Wildman–Crippen LogP) is 2.86. The topological polar surface area (TPSA) is 97.9 Å². The molecule has 29 heavy (non-hydrogen) atoms. The van der Waals surface area contributed by atoms with Crippen LogP contribution in [0.25, 0.3) is 11.4 Å². The van der Waals surface area contributed by atoms with E-state index in [9.17, 15) is 4.79 Å². The number of rotatable bonds is 4. The SMILES string of the molecule is Cc1nnc(C(NC(=O)c2nc(-c3ccccc3)n3c2CNCC3)C(C)(C)C)o1. The molecule has 0 bridgehead atoms. The first-order chi connectivity index (χ1) is 13.8. The van der Waals surface area contributed by atoms with Crippen LogP contribution < -0.4 is 10.6 Å². The van der Waals surface area contributed by atoms with E-state index in [1.54, 1.807) is 6.92 Å². The van der Waals surface area contributed by atoms with Crippen LogP contribution in [-0.2, 0) is 13.1 Å². The molecule has 3 aromatic rings. The molecule has 1 atom stereocenters. The molecule has 0 radical (unpaired) electrons. The molecule has 1 aromatic carbocycles. The third-order valence-electron chi connectivity index (χ3n) is 5.05. The number of imidazole rings is 1. The fourth-order valence-electron chi connectivity index (χ4n) is 3.57. The minimum Gasteiger partial charge on any atom is -0.423 e. The Bertz CT molecular complexity index is 1020. The zero-order chi connectivity index (χ0) is 20.6. The van der Waals surface area contributed by atoms with Crippen molar-refractivity contribution in [3.8, 4) is 11.4 Å². The maximum atomic E-state index is 13.3. The number of carbonyl (C=O) groups is 1. The molecule has 8 heteroatoms. The summed E-state index contributed by atoms with van der Waals surface area (Å²) in [7, 11) is 0. The van der Waals surface area contributed by atoms with Crippen molar-refractivity contribution in [3.63, 3.8) is 0 Å². The zero-order valence-electron chi connectivity index (χ0n) is 17.2. The number of hydrogen-bond donors (Lipinski definition) is 2. The highest BCUT2D eigenvalue weighted by Crippen LogP contribution is 2.33. The number of hydrogen-bond acceptors (Lipinski definition) is 6. The van der Waals surface area contributed by atoms with Crippen molar-refractivity contribution in [2.75, 3.05) is 6.54 Å². The molecule has 2 aromatic heterocycles. The summed E-state index contributed by atoms with van der Waals surface area (Å²) in [5.41, 5.74) is 2.01. The molecular formula is C21H26N6O2. The van der Waals surface area contributed by atoms with Crippen molar-refractivity contribution >= 4 is 5.91 Å². The smallest absolute Gasteiger partial charge is 0.272 e. The highest BCUT2D eigenvalue weighted by Gasteiger charge is 2.34. The van der Waals surface area contributed by atoms with Gasteiger partial charge in [-0.15, -0.1) is 10.2 Å². The van der Waals surface area contributed by atoms with Gasteiger partial charge in [0.1, 0.15) is 11.9 Å². The van der Waals surface area contributed by atoms with Crippen molar-refractivity contribution in [3.05, 3.63) is 53.5 Å². The Morgan fingerprint density at radius 2 is 2.00 bits per heavy atom. The number of nitrogens with one attached hydrogen (secondary N) is 2. The minimum absolute atomic E-state index is 0.240. The molecule has 2 N–H and O–H groups in total. The second-order valence-electron chi connectivity index (χ2n) is 8.36. The lowest BCUT2D eigenvalue weighted by molar-refractivity contribution is 0.0878. The summed E-state index contributed by atoms with van der Waals surface area (Å²) in [5.74, 6) is 1.44. The summed E-state index contributed by atoms with van der Waals surface area (Å²) in [6.07, 6.45) is 0. The second kappa shape index (κ2) is 7.44. The molecule has 1 aliphatic rings. The van der Waals surface area contributed by atoms with Crippen LogP contribution in [0, 0.1) is 12.3 Å². The molecular weight excluding hydrogens is 368 g/mol. The van der Waals surface area contributed by atoms with Gasteiger partial charge < -0.3 is 19.6 Å². The highest BCUT2D eigenvalue weighted by atomic mass is 16.4. The molecule has 4 rings (SSSR count). The van der Waals surface area contributed by atoms with Gasteiger partial charge in [0.2, 0.25) is 11.8 Å². The molecule has 0 fully saturated rings. The van der Waals surface area contributed by atoms with Gasteiger partial charge in [0.05, 0.1) is 5.69 Å². The van der Waals surface area contributed by atoms with Crippen LogP contribution in [0.2, 0.25) is 0 Å². The van der Waals surface area contributed by atoms with Crippen LogP contribution in [0.1, 0.15) is 54.8 Å². The molecule has 0 saturated heterocycles. The Labute approximate surface area is 169 Å². The summed E-state index contributed by atoms with van der Waals surface area (Å²) in [6, 6.07) is 9.53. The Morgan fingerprint density at radius 3 is 2.66 bits per heavy atom. The van der Waals surface area contributed by atoms with Crippen molar-refractivity contribution in [2.24, 2.45) is 5.41 Å². The minimum atomic E-state index is -0.426. The third-order valence-corrected chi connectivity index (χ3v) is 5.05. The van der Waals surface area contributed by atoms with E-state index >= 15 is 0 Å². The van der Waals surface area contributed by atoms with E-state index in [2.05, 4.69) is 25.4 Å². The lowest BCUT2D eigenvalue weighted by Crippen LogP contribution is -2.38. The van der Waals surface area contributed by atoms with Gasteiger partial charge in [-0.2, -0.15) is 0 Å². The van der Waals surface area contributed by atoms with Gasteiger partial charge in [-0.05, 0) is 5.41 Å².